The Morgan fingerprint density at radius 1 is 1.56 bits per heavy atom. The van der Waals surface area contributed by atoms with Crippen molar-refractivity contribution in [3.8, 4) is 0 Å². The van der Waals surface area contributed by atoms with Crippen LogP contribution < -0.4 is 0 Å². The standard InChI is InChI=1S/C3H6O4S2/c1-8-7-3(4)9(2,5)6/h1-2H3. The minimum Gasteiger partial charge on any atom is -0.380 e. The molecule has 0 unspecified atom stereocenters. The van der Waals surface area contributed by atoms with Crippen LogP contribution in [-0.2, 0) is 14.0 Å². The normalized spacial score (nSPS) is 10.9. The molecule has 0 saturated carbocycles. The first-order valence-corrected chi connectivity index (χ1v) is 4.97. The van der Waals surface area contributed by atoms with Crippen LogP contribution in [0.25, 0.3) is 0 Å². The molecule has 9 heavy (non-hydrogen) atoms. The second kappa shape index (κ2) is 3.07. The van der Waals surface area contributed by atoms with Gasteiger partial charge in [-0.25, -0.2) is 13.2 Å². The molecule has 0 aliphatic rings. The van der Waals surface area contributed by atoms with Crippen LogP contribution in [0.2, 0.25) is 0 Å². The van der Waals surface area contributed by atoms with Gasteiger partial charge in [0.25, 0.3) is 0 Å². The molecule has 0 bridgehead atoms. The van der Waals surface area contributed by atoms with Crippen molar-refractivity contribution in [2.75, 3.05) is 12.5 Å². The first-order chi connectivity index (χ1) is 3.98. The van der Waals surface area contributed by atoms with Crippen molar-refractivity contribution in [3.63, 3.8) is 0 Å². The Morgan fingerprint density at radius 3 is 2.11 bits per heavy atom. The van der Waals surface area contributed by atoms with E-state index in [-0.39, 0.29) is 0 Å². The van der Waals surface area contributed by atoms with Gasteiger partial charge < -0.3 is 4.18 Å². The zero-order valence-corrected chi connectivity index (χ0v) is 6.58. The SMILES string of the molecule is CSOC(=O)S(C)(=O)=O. The van der Waals surface area contributed by atoms with E-state index in [1.165, 1.54) is 6.26 Å². The van der Waals surface area contributed by atoms with E-state index in [1.54, 1.807) is 0 Å². The highest BCUT2D eigenvalue weighted by molar-refractivity contribution is 8.06. The van der Waals surface area contributed by atoms with Crippen molar-refractivity contribution in [1.29, 1.82) is 0 Å². The summed E-state index contributed by atoms with van der Waals surface area (Å²) in [5.41, 5.74) is 0. The van der Waals surface area contributed by atoms with Gasteiger partial charge in [0.05, 0.1) is 18.3 Å². The third kappa shape index (κ3) is 3.36. The van der Waals surface area contributed by atoms with Crippen molar-refractivity contribution < 1.29 is 17.4 Å². The van der Waals surface area contributed by atoms with Crippen LogP contribution in [0.1, 0.15) is 0 Å². The first-order valence-electron chi connectivity index (χ1n) is 1.93. The molecule has 6 heteroatoms. The summed E-state index contributed by atoms with van der Waals surface area (Å²) in [6.45, 7) is 0. The molecule has 0 aromatic rings. The zero-order valence-electron chi connectivity index (χ0n) is 4.95. The number of rotatable bonds is 1. The minimum absolute atomic E-state index is 0.708. The molecule has 4 nitrogen and oxygen atoms in total. The maximum Gasteiger partial charge on any atom is 0.436 e. The molecule has 0 spiro atoms. The van der Waals surface area contributed by atoms with Crippen molar-refractivity contribution in [1.82, 2.24) is 0 Å². The van der Waals surface area contributed by atoms with Gasteiger partial charge in [-0.2, -0.15) is 0 Å². The fraction of sp³-hybridized carbons (Fsp3) is 0.667. The van der Waals surface area contributed by atoms with Gasteiger partial charge in [0, 0.05) is 6.26 Å². The maximum absolute atomic E-state index is 10.2. The van der Waals surface area contributed by atoms with E-state index in [0.29, 0.717) is 12.0 Å². The summed E-state index contributed by atoms with van der Waals surface area (Å²) in [5, 5.41) is -1.20. The van der Waals surface area contributed by atoms with Gasteiger partial charge in [-0.05, 0) is 0 Å². The Kier molecular flexibility index (Phi) is 2.99. The third-order valence-corrected chi connectivity index (χ3v) is 1.57. The lowest BCUT2D eigenvalue weighted by atomic mass is 11.6. The Bertz CT molecular complexity index is 192. The van der Waals surface area contributed by atoms with Crippen LogP contribution in [0, 0.1) is 0 Å². The molecule has 0 atom stereocenters. The molecule has 0 saturated heterocycles. The molecule has 54 valence electrons. The quantitative estimate of drug-likeness (QED) is 0.534. The second-order valence-electron chi connectivity index (χ2n) is 1.27. The van der Waals surface area contributed by atoms with Crippen molar-refractivity contribution in [2.45, 2.75) is 0 Å². The molecular weight excluding hydrogens is 164 g/mol. The molecule has 0 aliphatic heterocycles. The Hall–Kier alpha value is -0.230. The molecule has 0 rings (SSSR count). The largest absolute Gasteiger partial charge is 0.436 e. The number of carbonyl (C=O) groups excluding carboxylic acids is 1. The van der Waals surface area contributed by atoms with Crippen LogP contribution >= 0.6 is 12.0 Å². The van der Waals surface area contributed by atoms with Gasteiger partial charge in [-0.15, -0.1) is 0 Å². The van der Waals surface area contributed by atoms with Gasteiger partial charge in [0.2, 0.25) is 9.84 Å². The summed E-state index contributed by atoms with van der Waals surface area (Å²) >= 11 is 0.708. The summed E-state index contributed by atoms with van der Waals surface area (Å²) in [4.78, 5) is 10.2. The van der Waals surface area contributed by atoms with Gasteiger partial charge in [0.1, 0.15) is 0 Å². The lowest BCUT2D eigenvalue weighted by molar-refractivity contribution is 0.231. The molecule has 0 N–H and O–H groups in total. The highest BCUT2D eigenvalue weighted by atomic mass is 32.2. The highest BCUT2D eigenvalue weighted by Crippen LogP contribution is 2.00. The number of sulfone groups is 1. The van der Waals surface area contributed by atoms with E-state index in [9.17, 15) is 13.2 Å². The van der Waals surface area contributed by atoms with E-state index >= 15 is 0 Å². The van der Waals surface area contributed by atoms with Crippen LogP contribution in [-0.4, -0.2) is 26.2 Å². The Labute approximate surface area is 57.7 Å². The average molecular weight is 170 g/mol. The molecule has 0 radical (unpaired) electrons. The van der Waals surface area contributed by atoms with Gasteiger partial charge >= 0.3 is 5.30 Å². The summed E-state index contributed by atoms with van der Waals surface area (Å²) in [5.74, 6) is 0. The summed E-state index contributed by atoms with van der Waals surface area (Å²) in [7, 11) is -3.65. The minimum atomic E-state index is -3.65. The number of carbonyl (C=O) groups is 1. The van der Waals surface area contributed by atoms with E-state index in [0.717, 1.165) is 6.26 Å². The molecule has 0 heterocycles. The fourth-order valence-corrected chi connectivity index (χ4v) is 0.964. The van der Waals surface area contributed by atoms with Crippen LogP contribution in [0.5, 0.6) is 0 Å². The van der Waals surface area contributed by atoms with E-state index < -0.39 is 15.1 Å². The van der Waals surface area contributed by atoms with Crippen LogP contribution in [0.15, 0.2) is 0 Å². The van der Waals surface area contributed by atoms with Crippen LogP contribution in [0.4, 0.5) is 4.79 Å². The third-order valence-electron chi connectivity index (χ3n) is 0.454. The first kappa shape index (κ1) is 8.77. The molecule has 0 aromatic carbocycles. The summed E-state index contributed by atoms with van der Waals surface area (Å²) in [6, 6.07) is 0. The monoisotopic (exact) mass is 170 g/mol. The zero-order chi connectivity index (χ0) is 7.49. The Morgan fingerprint density at radius 2 is 2.00 bits per heavy atom. The van der Waals surface area contributed by atoms with Gasteiger partial charge in [0.15, 0.2) is 0 Å². The van der Waals surface area contributed by atoms with E-state index in [2.05, 4.69) is 4.18 Å². The molecule has 0 aromatic heterocycles. The lowest BCUT2D eigenvalue weighted by Gasteiger charge is -1.93. The maximum atomic E-state index is 10.2. The predicted octanol–water partition coefficient (Wildman–Crippen LogP) is 0.446. The number of hydrogen-bond donors (Lipinski definition) is 0. The molecule has 0 aliphatic carbocycles. The second-order valence-corrected chi connectivity index (χ2v) is 3.65. The molecule has 0 fully saturated rings. The van der Waals surface area contributed by atoms with Crippen molar-refractivity contribution in [3.05, 3.63) is 0 Å². The fourth-order valence-electron chi connectivity index (χ4n) is 0.130. The van der Waals surface area contributed by atoms with Crippen LogP contribution in [0.3, 0.4) is 0 Å². The van der Waals surface area contributed by atoms with Gasteiger partial charge in [-0.1, -0.05) is 0 Å². The smallest absolute Gasteiger partial charge is 0.380 e. The molecular formula is C3H6O4S2. The van der Waals surface area contributed by atoms with Crippen molar-refractivity contribution in [2.24, 2.45) is 0 Å². The van der Waals surface area contributed by atoms with Crippen molar-refractivity contribution >= 4 is 27.2 Å². The Balaban J connectivity index is 4.08. The topological polar surface area (TPSA) is 60.4 Å². The lowest BCUT2D eigenvalue weighted by Crippen LogP contribution is -2.10. The summed E-state index contributed by atoms with van der Waals surface area (Å²) in [6.07, 6.45) is 2.26. The van der Waals surface area contributed by atoms with Gasteiger partial charge in [-0.3, -0.25) is 0 Å². The molecule has 0 amide bonds. The van der Waals surface area contributed by atoms with E-state index in [4.69, 9.17) is 0 Å². The average Bonchev–Trinajstić information content (AvgIpc) is 1.64. The summed E-state index contributed by atoms with van der Waals surface area (Å²) < 4.78 is 24.6. The van der Waals surface area contributed by atoms with E-state index in [1.807, 2.05) is 0 Å². The number of hydrogen-bond acceptors (Lipinski definition) is 5. The predicted molar refractivity (Wildman–Crippen MR) is 34.8 cm³/mol. The highest BCUT2D eigenvalue weighted by Gasteiger charge is 2.16.